The van der Waals surface area contributed by atoms with E-state index in [1.54, 1.807) is 18.5 Å². The number of anilines is 1. The lowest BCUT2D eigenvalue weighted by Crippen LogP contribution is -2.16. The van der Waals surface area contributed by atoms with E-state index in [9.17, 15) is 0 Å². The fourth-order valence-corrected chi connectivity index (χ4v) is 2.73. The first-order valence-corrected chi connectivity index (χ1v) is 6.45. The van der Waals surface area contributed by atoms with Gasteiger partial charge in [0.2, 0.25) is 0 Å². The van der Waals surface area contributed by atoms with E-state index in [1.165, 1.54) is 0 Å². The van der Waals surface area contributed by atoms with Crippen LogP contribution in [-0.4, -0.2) is 9.97 Å². The first kappa shape index (κ1) is 12.5. The highest BCUT2D eigenvalue weighted by Gasteiger charge is 2.16. The summed E-state index contributed by atoms with van der Waals surface area (Å²) in [6.45, 7) is 0. The van der Waals surface area contributed by atoms with Crippen molar-refractivity contribution in [2.45, 2.75) is 6.04 Å². The molecule has 0 bridgehead atoms. The van der Waals surface area contributed by atoms with Crippen molar-refractivity contribution in [1.29, 1.82) is 0 Å². The fraction of sp³-hybridized carbons (Fsp3) is 0.0909. The van der Waals surface area contributed by atoms with Crippen molar-refractivity contribution >= 4 is 37.7 Å². The molecule has 1 atom stereocenters. The Balaban J connectivity index is 2.44. The topological polar surface area (TPSA) is 77.8 Å². The predicted octanol–water partition coefficient (Wildman–Crippen LogP) is 2.63. The third-order valence-corrected chi connectivity index (χ3v) is 3.41. The van der Waals surface area contributed by atoms with Crippen LogP contribution >= 0.6 is 31.9 Å². The number of nitrogen functional groups attached to an aromatic ring is 1. The summed E-state index contributed by atoms with van der Waals surface area (Å²) in [6, 6.07) is 5.15. The van der Waals surface area contributed by atoms with E-state index in [0.29, 0.717) is 5.82 Å². The zero-order valence-electron chi connectivity index (χ0n) is 8.77. The van der Waals surface area contributed by atoms with Crippen molar-refractivity contribution < 1.29 is 0 Å². The van der Waals surface area contributed by atoms with E-state index in [1.807, 2.05) is 12.1 Å². The molecule has 17 heavy (non-hydrogen) atoms. The van der Waals surface area contributed by atoms with Crippen molar-refractivity contribution in [1.82, 2.24) is 9.97 Å². The summed E-state index contributed by atoms with van der Waals surface area (Å²) in [4.78, 5) is 8.31. The Morgan fingerprint density at radius 3 is 2.65 bits per heavy atom. The van der Waals surface area contributed by atoms with Gasteiger partial charge in [0.05, 0.1) is 11.7 Å². The summed E-state index contributed by atoms with van der Waals surface area (Å²) in [7, 11) is 0. The molecule has 0 aliphatic carbocycles. The summed E-state index contributed by atoms with van der Waals surface area (Å²) in [6.07, 6.45) is 3.34. The summed E-state index contributed by atoms with van der Waals surface area (Å²) in [5.74, 6) is 0.427. The number of halogens is 2. The molecule has 4 N–H and O–H groups in total. The maximum atomic E-state index is 6.14. The molecule has 1 unspecified atom stereocenters. The van der Waals surface area contributed by atoms with Gasteiger partial charge >= 0.3 is 0 Å². The van der Waals surface area contributed by atoms with Crippen molar-refractivity contribution in [2.24, 2.45) is 5.73 Å². The number of nitrogens with zero attached hydrogens (tertiary/aromatic N) is 2. The standard InChI is InChI=1S/C11H10Br2N4/c12-6-4-8(13)10(17-5-6)9(14)7-2-1-3-16-11(7)15/h1-5,9H,14H2,(H2,15,16). The van der Waals surface area contributed by atoms with Crippen LogP contribution in [0.5, 0.6) is 0 Å². The molecule has 0 aromatic carbocycles. The zero-order valence-corrected chi connectivity index (χ0v) is 11.9. The molecular weight excluding hydrogens is 348 g/mol. The summed E-state index contributed by atoms with van der Waals surface area (Å²) in [5, 5.41) is 0. The molecule has 0 amide bonds. The smallest absolute Gasteiger partial charge is 0.128 e. The highest BCUT2D eigenvalue weighted by atomic mass is 79.9. The quantitative estimate of drug-likeness (QED) is 0.865. The van der Waals surface area contributed by atoms with Crippen molar-refractivity contribution in [3.8, 4) is 0 Å². The van der Waals surface area contributed by atoms with Gasteiger partial charge in [0.15, 0.2) is 0 Å². The Labute approximate surface area is 116 Å². The molecule has 88 valence electrons. The van der Waals surface area contributed by atoms with E-state index < -0.39 is 6.04 Å². The molecule has 4 nitrogen and oxygen atoms in total. The molecule has 2 aromatic heterocycles. The largest absolute Gasteiger partial charge is 0.383 e. The number of rotatable bonds is 2. The second-order valence-electron chi connectivity index (χ2n) is 3.48. The van der Waals surface area contributed by atoms with Crippen molar-refractivity contribution in [3.63, 3.8) is 0 Å². The molecular formula is C11H10Br2N4. The molecule has 0 aliphatic heterocycles. The monoisotopic (exact) mass is 356 g/mol. The van der Waals surface area contributed by atoms with Crippen LogP contribution in [0.1, 0.15) is 17.3 Å². The van der Waals surface area contributed by atoms with E-state index in [0.717, 1.165) is 20.2 Å². The van der Waals surface area contributed by atoms with Gasteiger partial charge in [0.1, 0.15) is 5.82 Å². The third kappa shape index (κ3) is 2.65. The second kappa shape index (κ2) is 5.12. The lowest BCUT2D eigenvalue weighted by Gasteiger charge is -2.14. The van der Waals surface area contributed by atoms with Crippen LogP contribution in [0.2, 0.25) is 0 Å². The van der Waals surface area contributed by atoms with E-state index >= 15 is 0 Å². The van der Waals surface area contributed by atoms with Crippen LogP contribution in [0.15, 0.2) is 39.5 Å². The number of pyridine rings is 2. The van der Waals surface area contributed by atoms with Gasteiger partial charge < -0.3 is 11.5 Å². The average molecular weight is 358 g/mol. The van der Waals surface area contributed by atoms with Gasteiger partial charge in [0.25, 0.3) is 0 Å². The molecule has 0 spiro atoms. The van der Waals surface area contributed by atoms with Crippen LogP contribution in [0, 0.1) is 0 Å². The Hall–Kier alpha value is -0.980. The van der Waals surface area contributed by atoms with Gasteiger partial charge in [-0.25, -0.2) is 4.98 Å². The summed E-state index contributed by atoms with van der Waals surface area (Å²) < 4.78 is 1.72. The van der Waals surface area contributed by atoms with Crippen LogP contribution in [-0.2, 0) is 0 Å². The maximum absolute atomic E-state index is 6.14. The van der Waals surface area contributed by atoms with Gasteiger partial charge in [-0.15, -0.1) is 0 Å². The lowest BCUT2D eigenvalue weighted by atomic mass is 10.1. The Bertz CT molecular complexity index is 545. The highest BCUT2D eigenvalue weighted by Crippen LogP contribution is 2.28. The van der Waals surface area contributed by atoms with E-state index in [4.69, 9.17) is 11.5 Å². The van der Waals surface area contributed by atoms with Crippen molar-refractivity contribution in [2.75, 3.05) is 5.73 Å². The summed E-state index contributed by atoms with van der Waals surface area (Å²) in [5.41, 5.74) is 13.4. The predicted molar refractivity (Wildman–Crippen MR) is 74.3 cm³/mol. The van der Waals surface area contributed by atoms with Crippen LogP contribution in [0.25, 0.3) is 0 Å². The van der Waals surface area contributed by atoms with E-state index in [-0.39, 0.29) is 0 Å². The Morgan fingerprint density at radius 2 is 2.00 bits per heavy atom. The van der Waals surface area contributed by atoms with Gasteiger partial charge in [-0.05, 0) is 44.0 Å². The highest BCUT2D eigenvalue weighted by molar-refractivity contribution is 9.11. The lowest BCUT2D eigenvalue weighted by molar-refractivity contribution is 0.819. The number of hydrogen-bond acceptors (Lipinski definition) is 4. The van der Waals surface area contributed by atoms with Gasteiger partial charge in [-0.3, -0.25) is 4.98 Å². The number of nitrogens with two attached hydrogens (primary N) is 2. The van der Waals surface area contributed by atoms with Crippen LogP contribution in [0.4, 0.5) is 5.82 Å². The normalized spacial score (nSPS) is 12.4. The molecule has 6 heteroatoms. The minimum atomic E-state index is -0.397. The first-order valence-electron chi connectivity index (χ1n) is 4.86. The Morgan fingerprint density at radius 1 is 1.24 bits per heavy atom. The van der Waals surface area contributed by atoms with Gasteiger partial charge in [-0.2, -0.15) is 0 Å². The van der Waals surface area contributed by atoms with E-state index in [2.05, 4.69) is 41.8 Å². The first-order chi connectivity index (χ1) is 8.09. The molecule has 2 heterocycles. The minimum Gasteiger partial charge on any atom is -0.383 e. The molecule has 0 aliphatic rings. The Kier molecular flexibility index (Phi) is 3.76. The SMILES string of the molecule is Nc1ncccc1C(N)c1ncc(Br)cc1Br. The van der Waals surface area contributed by atoms with Gasteiger partial charge in [-0.1, -0.05) is 6.07 Å². The van der Waals surface area contributed by atoms with Gasteiger partial charge in [0, 0.05) is 26.9 Å². The minimum absolute atomic E-state index is 0.397. The zero-order chi connectivity index (χ0) is 12.4. The third-order valence-electron chi connectivity index (χ3n) is 2.34. The second-order valence-corrected chi connectivity index (χ2v) is 5.25. The van der Waals surface area contributed by atoms with Crippen LogP contribution < -0.4 is 11.5 Å². The molecule has 2 rings (SSSR count). The van der Waals surface area contributed by atoms with Crippen LogP contribution in [0.3, 0.4) is 0 Å². The molecule has 0 radical (unpaired) electrons. The number of hydrogen-bond donors (Lipinski definition) is 2. The maximum Gasteiger partial charge on any atom is 0.128 e. The average Bonchev–Trinajstić information content (AvgIpc) is 2.29. The molecule has 0 saturated heterocycles. The molecule has 0 fully saturated rings. The van der Waals surface area contributed by atoms with Crippen molar-refractivity contribution in [3.05, 3.63) is 50.8 Å². The summed E-state index contributed by atoms with van der Waals surface area (Å²) >= 11 is 6.78. The molecule has 2 aromatic rings. The fourth-order valence-electron chi connectivity index (χ4n) is 1.49. The number of aromatic nitrogens is 2. The molecule has 0 saturated carbocycles.